The van der Waals surface area contributed by atoms with E-state index < -0.39 is 0 Å². The fourth-order valence-electron chi connectivity index (χ4n) is 3.56. The second kappa shape index (κ2) is 10.6. The Kier molecular flexibility index (Phi) is 8.06. The van der Waals surface area contributed by atoms with E-state index in [9.17, 15) is 0 Å². The normalized spacial score (nSPS) is 22.4. The van der Waals surface area contributed by atoms with Crippen molar-refractivity contribution in [2.75, 3.05) is 0 Å². The maximum absolute atomic E-state index is 3.91. The molecule has 1 saturated heterocycles. The van der Waals surface area contributed by atoms with Gasteiger partial charge in [-0.25, -0.2) is 0 Å². The second-order valence-corrected chi connectivity index (χ2v) is 28.0. The molecule has 1 fully saturated rings. The van der Waals surface area contributed by atoms with Crippen molar-refractivity contribution in [2.24, 2.45) is 0 Å². The largest absolute Gasteiger partial charge is 0.0615 e. The van der Waals surface area contributed by atoms with Crippen molar-refractivity contribution >= 4 is 114 Å². The highest BCUT2D eigenvalue weighted by Gasteiger charge is 2.54. The standard InChI is InChI=1S/C24H16Br4P4/c25-17-9-1-5-13-21(17)29-30(22-14-6-2-10-18(22)26)32(24-16-8-4-12-20(24)28)31(29)23-15-7-3-11-19(23)27/h1-16H. The van der Waals surface area contributed by atoms with Crippen molar-refractivity contribution in [1.29, 1.82) is 0 Å². The molecule has 0 saturated carbocycles. The second-order valence-electron chi connectivity index (χ2n) is 6.96. The van der Waals surface area contributed by atoms with E-state index in [2.05, 4.69) is 161 Å². The van der Waals surface area contributed by atoms with Gasteiger partial charge >= 0.3 is 0 Å². The van der Waals surface area contributed by atoms with E-state index in [4.69, 9.17) is 0 Å². The zero-order chi connectivity index (χ0) is 22.2. The highest BCUT2D eigenvalue weighted by Crippen LogP contribution is 3.18. The van der Waals surface area contributed by atoms with E-state index in [1.165, 1.54) is 39.1 Å². The highest BCUT2D eigenvalue weighted by molar-refractivity contribution is 9.15. The minimum atomic E-state index is -0.370. The lowest BCUT2D eigenvalue weighted by Crippen LogP contribution is -2.20. The molecule has 0 unspecified atom stereocenters. The Labute approximate surface area is 227 Å². The summed E-state index contributed by atoms with van der Waals surface area (Å²) in [5, 5.41) is 5.99. The first kappa shape index (κ1) is 24.2. The minimum Gasteiger partial charge on any atom is -0.0615 e. The predicted octanol–water partition coefficient (Wildman–Crippen LogP) is 9.94. The Balaban J connectivity index is 1.77. The van der Waals surface area contributed by atoms with Crippen LogP contribution in [0.1, 0.15) is 0 Å². The van der Waals surface area contributed by atoms with Crippen LogP contribution in [0, 0.1) is 0 Å². The van der Waals surface area contributed by atoms with Crippen LogP contribution in [0.3, 0.4) is 0 Å². The van der Waals surface area contributed by atoms with Crippen LogP contribution >= 0.6 is 92.9 Å². The van der Waals surface area contributed by atoms with Gasteiger partial charge in [-0.1, -0.05) is 137 Å². The molecule has 0 N–H and O–H groups in total. The Morgan fingerprint density at radius 1 is 0.312 bits per heavy atom. The molecule has 0 aromatic heterocycles. The molecule has 1 aliphatic rings. The van der Waals surface area contributed by atoms with Crippen molar-refractivity contribution in [3.63, 3.8) is 0 Å². The maximum Gasteiger partial charge on any atom is 0.0259 e. The van der Waals surface area contributed by atoms with Crippen LogP contribution in [0.25, 0.3) is 0 Å². The van der Waals surface area contributed by atoms with Gasteiger partial charge in [0.2, 0.25) is 0 Å². The molecule has 1 heterocycles. The first-order valence-electron chi connectivity index (χ1n) is 9.76. The van der Waals surface area contributed by atoms with Gasteiger partial charge < -0.3 is 0 Å². The summed E-state index contributed by atoms with van der Waals surface area (Å²) in [6.45, 7) is 0. The van der Waals surface area contributed by atoms with Crippen molar-refractivity contribution in [3.05, 3.63) is 115 Å². The number of halogens is 4. The summed E-state index contributed by atoms with van der Waals surface area (Å²) in [7, 11) is -1.48. The van der Waals surface area contributed by atoms with E-state index in [1.807, 2.05) is 0 Å². The molecule has 4 aromatic rings. The number of benzene rings is 4. The molecular weight excluding hydrogens is 732 g/mol. The summed E-state index contributed by atoms with van der Waals surface area (Å²) in [6, 6.07) is 35.5. The zero-order valence-electron chi connectivity index (χ0n) is 16.5. The Bertz CT molecular complexity index is 1080. The average molecular weight is 748 g/mol. The van der Waals surface area contributed by atoms with E-state index in [1.54, 1.807) is 0 Å². The van der Waals surface area contributed by atoms with E-state index >= 15 is 0 Å². The summed E-state index contributed by atoms with van der Waals surface area (Å²) in [4.78, 5) is 0. The third-order valence-electron chi connectivity index (χ3n) is 4.99. The van der Waals surface area contributed by atoms with Crippen LogP contribution in [0.15, 0.2) is 115 Å². The van der Waals surface area contributed by atoms with Gasteiger partial charge in [0.25, 0.3) is 0 Å². The first-order chi connectivity index (χ1) is 15.6. The third-order valence-corrected chi connectivity index (χ3v) is 41.1. The van der Waals surface area contributed by atoms with Gasteiger partial charge in [-0.15, -0.1) is 0 Å². The molecule has 0 radical (unpaired) electrons. The molecule has 32 heavy (non-hydrogen) atoms. The van der Waals surface area contributed by atoms with Crippen LogP contribution < -0.4 is 21.2 Å². The molecule has 1 aliphatic heterocycles. The topological polar surface area (TPSA) is 0 Å². The SMILES string of the molecule is Brc1ccccc1P1P(c2ccccc2Br)P(c2ccccc2Br)P1c1ccccc1Br. The lowest BCUT2D eigenvalue weighted by Gasteiger charge is -2.54. The monoisotopic (exact) mass is 744 g/mol. The predicted molar refractivity (Wildman–Crippen MR) is 163 cm³/mol. The van der Waals surface area contributed by atoms with Crippen molar-refractivity contribution in [1.82, 2.24) is 0 Å². The van der Waals surface area contributed by atoms with Crippen molar-refractivity contribution in [3.8, 4) is 0 Å². The lowest BCUT2D eigenvalue weighted by molar-refractivity contribution is 1.71. The van der Waals surface area contributed by atoms with Gasteiger partial charge in [-0.3, -0.25) is 0 Å². The molecule has 160 valence electrons. The summed E-state index contributed by atoms with van der Waals surface area (Å²) in [6.07, 6.45) is 0. The highest BCUT2D eigenvalue weighted by atomic mass is 79.9. The van der Waals surface area contributed by atoms with E-state index in [0.717, 1.165) is 0 Å². The molecule has 0 aliphatic carbocycles. The van der Waals surface area contributed by atoms with Crippen LogP contribution in [0.5, 0.6) is 0 Å². The van der Waals surface area contributed by atoms with E-state index in [0.29, 0.717) is 0 Å². The van der Waals surface area contributed by atoms with Gasteiger partial charge in [0.05, 0.1) is 0 Å². The Hall–Kier alpha value is 0.520. The lowest BCUT2D eigenvalue weighted by atomic mass is 10.4. The molecule has 0 bridgehead atoms. The fraction of sp³-hybridized carbons (Fsp3) is 0. The zero-order valence-corrected chi connectivity index (χ0v) is 26.5. The minimum absolute atomic E-state index is 0.370. The van der Waals surface area contributed by atoms with Gasteiger partial charge in [0, 0.05) is 39.1 Å². The van der Waals surface area contributed by atoms with Crippen LogP contribution in [0.4, 0.5) is 0 Å². The van der Waals surface area contributed by atoms with Crippen molar-refractivity contribution < 1.29 is 0 Å². The summed E-state index contributed by atoms with van der Waals surface area (Å²) in [5.41, 5.74) is 0. The van der Waals surface area contributed by atoms with E-state index in [-0.39, 0.29) is 29.2 Å². The third kappa shape index (κ3) is 4.54. The van der Waals surface area contributed by atoms with Gasteiger partial charge in [-0.05, 0) is 53.5 Å². The van der Waals surface area contributed by atoms with Crippen LogP contribution in [-0.4, -0.2) is 0 Å². The molecule has 0 nitrogen and oxygen atoms in total. The summed E-state index contributed by atoms with van der Waals surface area (Å²) < 4.78 is 4.97. The molecule has 8 heteroatoms. The fourth-order valence-corrected chi connectivity index (χ4v) is 48.0. The smallest absolute Gasteiger partial charge is 0.0259 e. The van der Waals surface area contributed by atoms with Gasteiger partial charge in [-0.2, -0.15) is 0 Å². The molecular formula is C24H16Br4P4. The van der Waals surface area contributed by atoms with Crippen LogP contribution in [-0.2, 0) is 0 Å². The van der Waals surface area contributed by atoms with Crippen molar-refractivity contribution in [2.45, 2.75) is 0 Å². The quantitative estimate of drug-likeness (QED) is 0.183. The Morgan fingerprint density at radius 2 is 0.500 bits per heavy atom. The number of hydrogen-bond acceptors (Lipinski definition) is 0. The first-order valence-corrected chi connectivity index (χ1v) is 21.1. The summed E-state index contributed by atoms with van der Waals surface area (Å²) >= 11 is 15.6. The van der Waals surface area contributed by atoms with Crippen LogP contribution in [0.2, 0.25) is 0 Å². The molecule has 4 aromatic carbocycles. The van der Waals surface area contributed by atoms with Gasteiger partial charge in [0.15, 0.2) is 0 Å². The maximum atomic E-state index is 3.91. The molecule has 0 spiro atoms. The molecule has 0 amide bonds. The molecule has 5 rings (SSSR count). The number of hydrogen-bond donors (Lipinski definition) is 0. The summed E-state index contributed by atoms with van der Waals surface area (Å²) in [5.74, 6) is 0. The average Bonchev–Trinajstić information content (AvgIpc) is 2.78. The Morgan fingerprint density at radius 3 is 0.688 bits per heavy atom. The molecule has 0 atom stereocenters. The number of rotatable bonds is 4. The van der Waals surface area contributed by atoms with Gasteiger partial charge in [0.1, 0.15) is 0 Å².